The lowest BCUT2D eigenvalue weighted by atomic mass is 9.95. The maximum Gasteiger partial charge on any atom is 0.336 e. The van der Waals surface area contributed by atoms with Crippen molar-refractivity contribution in [3.8, 4) is 0 Å². The Labute approximate surface area is 125 Å². The van der Waals surface area contributed by atoms with Crippen molar-refractivity contribution in [2.75, 3.05) is 24.5 Å². The first-order valence-electron chi connectivity index (χ1n) is 7.43. The van der Waals surface area contributed by atoms with Gasteiger partial charge in [0.2, 0.25) is 5.91 Å². The lowest BCUT2D eigenvalue weighted by Crippen LogP contribution is -2.42. The number of carboxylic acid groups (broad SMARTS) is 1. The van der Waals surface area contributed by atoms with E-state index in [1.165, 1.54) is 0 Å². The topological polar surface area (TPSA) is 69.6 Å². The highest BCUT2D eigenvalue weighted by Gasteiger charge is 2.28. The molecule has 5 nitrogen and oxygen atoms in total. The maximum atomic E-state index is 12.6. The molecule has 0 saturated carbocycles. The lowest BCUT2D eigenvalue weighted by Gasteiger charge is -2.32. The van der Waals surface area contributed by atoms with Crippen LogP contribution in [0.3, 0.4) is 0 Å². The van der Waals surface area contributed by atoms with Crippen molar-refractivity contribution in [3.05, 3.63) is 29.3 Å². The van der Waals surface area contributed by atoms with Crippen LogP contribution in [0.25, 0.3) is 0 Å². The maximum absolute atomic E-state index is 12.6. The molecule has 2 rings (SSSR count). The second kappa shape index (κ2) is 6.72. The Morgan fingerprint density at radius 2 is 2.19 bits per heavy atom. The molecule has 1 heterocycles. The first-order valence-corrected chi connectivity index (χ1v) is 7.43. The molecule has 2 N–H and O–H groups in total. The molecule has 1 aliphatic heterocycles. The number of nitrogens with one attached hydrogen (secondary N) is 1. The average Bonchev–Trinajstić information content (AvgIpc) is 2.50. The minimum atomic E-state index is -0.929. The molecular formula is C16H22N2O3. The van der Waals surface area contributed by atoms with E-state index in [9.17, 15) is 14.7 Å². The van der Waals surface area contributed by atoms with E-state index in [1.54, 1.807) is 17.0 Å². The van der Waals surface area contributed by atoms with Crippen LogP contribution < -0.4 is 10.2 Å². The predicted octanol–water partition coefficient (Wildman–Crippen LogP) is 1.91. The second-order valence-electron chi connectivity index (χ2n) is 5.41. The summed E-state index contributed by atoms with van der Waals surface area (Å²) in [6, 6.07) is 5.17. The van der Waals surface area contributed by atoms with Crippen molar-refractivity contribution < 1.29 is 14.7 Å². The fourth-order valence-corrected chi connectivity index (χ4v) is 2.77. The van der Waals surface area contributed by atoms with Crippen molar-refractivity contribution in [1.82, 2.24) is 5.32 Å². The van der Waals surface area contributed by atoms with Gasteiger partial charge in [0, 0.05) is 24.7 Å². The highest BCUT2D eigenvalue weighted by molar-refractivity contribution is 5.99. The molecule has 0 radical (unpaired) electrons. The van der Waals surface area contributed by atoms with Gasteiger partial charge in [-0.2, -0.15) is 0 Å². The Hall–Kier alpha value is -1.88. The largest absolute Gasteiger partial charge is 0.478 e. The third-order valence-corrected chi connectivity index (χ3v) is 3.87. The third-order valence-electron chi connectivity index (χ3n) is 3.87. The van der Waals surface area contributed by atoms with Crippen molar-refractivity contribution in [2.45, 2.75) is 26.7 Å². The molecule has 1 aromatic carbocycles. The van der Waals surface area contributed by atoms with Crippen LogP contribution in [-0.2, 0) is 11.2 Å². The zero-order valence-electron chi connectivity index (χ0n) is 12.6. The molecule has 1 unspecified atom stereocenters. The highest BCUT2D eigenvalue weighted by atomic mass is 16.4. The number of carboxylic acids is 1. The van der Waals surface area contributed by atoms with Gasteiger partial charge in [0.1, 0.15) is 0 Å². The molecule has 0 spiro atoms. The molecule has 1 aliphatic rings. The van der Waals surface area contributed by atoms with E-state index in [2.05, 4.69) is 5.32 Å². The summed E-state index contributed by atoms with van der Waals surface area (Å²) >= 11 is 0. The normalized spacial score (nSPS) is 15.4. The van der Waals surface area contributed by atoms with Crippen molar-refractivity contribution in [3.63, 3.8) is 0 Å². The van der Waals surface area contributed by atoms with E-state index in [1.807, 2.05) is 19.9 Å². The quantitative estimate of drug-likeness (QED) is 0.869. The SMILES string of the molecule is CCNCC(C)C(=O)N1CCCc2c(C(=O)O)cccc21. The summed E-state index contributed by atoms with van der Waals surface area (Å²) in [6.07, 6.45) is 1.51. The number of aromatic carboxylic acids is 1. The summed E-state index contributed by atoms with van der Waals surface area (Å²) in [5.41, 5.74) is 1.85. The van der Waals surface area contributed by atoms with Gasteiger partial charge in [-0.1, -0.05) is 19.9 Å². The van der Waals surface area contributed by atoms with Crippen molar-refractivity contribution >= 4 is 17.6 Å². The highest BCUT2D eigenvalue weighted by Crippen LogP contribution is 2.30. The lowest BCUT2D eigenvalue weighted by molar-refractivity contribution is -0.121. The fourth-order valence-electron chi connectivity index (χ4n) is 2.77. The van der Waals surface area contributed by atoms with Gasteiger partial charge in [0.05, 0.1) is 5.56 Å². The Bertz CT molecular complexity index is 542. The van der Waals surface area contributed by atoms with Crippen LogP contribution in [0.2, 0.25) is 0 Å². The minimum absolute atomic E-state index is 0.0550. The van der Waals surface area contributed by atoms with Gasteiger partial charge >= 0.3 is 5.97 Å². The number of carbonyl (C=O) groups is 2. The van der Waals surface area contributed by atoms with E-state index in [0.717, 1.165) is 24.2 Å². The Morgan fingerprint density at radius 3 is 2.86 bits per heavy atom. The van der Waals surface area contributed by atoms with Crippen LogP contribution in [0, 0.1) is 5.92 Å². The van der Waals surface area contributed by atoms with Gasteiger partial charge in [0.15, 0.2) is 0 Å². The Kier molecular flexibility index (Phi) is 4.96. The summed E-state index contributed by atoms with van der Waals surface area (Å²) in [5.74, 6) is -0.995. The van der Waals surface area contributed by atoms with Crippen molar-refractivity contribution in [1.29, 1.82) is 0 Å². The van der Waals surface area contributed by atoms with Crippen LogP contribution in [0.1, 0.15) is 36.2 Å². The third kappa shape index (κ3) is 3.24. The van der Waals surface area contributed by atoms with Gasteiger partial charge in [0.25, 0.3) is 0 Å². The first kappa shape index (κ1) is 15.5. The molecule has 1 atom stereocenters. The molecule has 114 valence electrons. The molecule has 0 saturated heterocycles. The monoisotopic (exact) mass is 290 g/mol. The van der Waals surface area contributed by atoms with E-state index in [0.29, 0.717) is 25.1 Å². The summed E-state index contributed by atoms with van der Waals surface area (Å²) in [4.78, 5) is 25.6. The first-order chi connectivity index (χ1) is 10.1. The van der Waals surface area contributed by atoms with E-state index >= 15 is 0 Å². The summed E-state index contributed by atoms with van der Waals surface area (Å²) in [7, 11) is 0. The number of rotatable bonds is 5. The number of hydrogen-bond acceptors (Lipinski definition) is 3. The number of amides is 1. The summed E-state index contributed by atoms with van der Waals surface area (Å²) in [6.45, 7) is 6.04. The van der Waals surface area contributed by atoms with Crippen molar-refractivity contribution in [2.24, 2.45) is 5.92 Å². The van der Waals surface area contributed by atoms with Gasteiger partial charge in [-0.3, -0.25) is 4.79 Å². The number of benzene rings is 1. The average molecular weight is 290 g/mol. The van der Waals surface area contributed by atoms with Gasteiger partial charge in [-0.05, 0) is 37.1 Å². The molecule has 21 heavy (non-hydrogen) atoms. The fraction of sp³-hybridized carbons (Fsp3) is 0.500. The van der Waals surface area contributed by atoms with Crippen LogP contribution in [0.5, 0.6) is 0 Å². The van der Waals surface area contributed by atoms with Crippen LogP contribution >= 0.6 is 0 Å². The molecule has 0 aromatic heterocycles. The molecule has 1 aromatic rings. The van der Waals surface area contributed by atoms with Gasteiger partial charge < -0.3 is 15.3 Å². The molecule has 0 aliphatic carbocycles. The van der Waals surface area contributed by atoms with E-state index < -0.39 is 5.97 Å². The summed E-state index contributed by atoms with van der Waals surface area (Å²) in [5, 5.41) is 12.5. The number of fused-ring (bicyclic) bond motifs is 1. The van der Waals surface area contributed by atoms with Gasteiger partial charge in [-0.15, -0.1) is 0 Å². The standard InChI is InChI=1S/C16H22N2O3/c1-3-17-10-11(2)15(19)18-9-5-7-12-13(16(20)21)6-4-8-14(12)18/h4,6,8,11,17H,3,5,7,9-10H2,1-2H3,(H,20,21). The molecule has 0 bridgehead atoms. The van der Waals surface area contributed by atoms with Gasteiger partial charge in [-0.25, -0.2) is 4.79 Å². The Balaban J connectivity index is 2.28. The molecule has 0 fully saturated rings. The molecule has 5 heteroatoms. The zero-order chi connectivity index (χ0) is 15.4. The van der Waals surface area contributed by atoms with Crippen LogP contribution in [0.15, 0.2) is 18.2 Å². The molecule has 1 amide bonds. The predicted molar refractivity (Wildman–Crippen MR) is 81.8 cm³/mol. The van der Waals surface area contributed by atoms with Crippen LogP contribution in [0.4, 0.5) is 5.69 Å². The Morgan fingerprint density at radius 1 is 1.43 bits per heavy atom. The number of carbonyl (C=O) groups excluding carboxylic acids is 1. The van der Waals surface area contributed by atoms with Crippen LogP contribution in [-0.4, -0.2) is 36.6 Å². The zero-order valence-corrected chi connectivity index (χ0v) is 12.6. The van der Waals surface area contributed by atoms with E-state index in [-0.39, 0.29) is 11.8 Å². The second-order valence-corrected chi connectivity index (χ2v) is 5.41. The number of nitrogens with zero attached hydrogens (tertiary/aromatic N) is 1. The summed E-state index contributed by atoms with van der Waals surface area (Å²) < 4.78 is 0. The number of hydrogen-bond donors (Lipinski definition) is 2. The van der Waals surface area contributed by atoms with E-state index in [4.69, 9.17) is 0 Å². The smallest absolute Gasteiger partial charge is 0.336 e. The minimum Gasteiger partial charge on any atom is -0.478 e. The number of anilines is 1. The molecular weight excluding hydrogens is 268 g/mol.